The van der Waals surface area contributed by atoms with Crippen LogP contribution in [0.1, 0.15) is 29.7 Å². The summed E-state index contributed by atoms with van der Waals surface area (Å²) in [6.07, 6.45) is 3.72. The van der Waals surface area contributed by atoms with E-state index in [1.54, 1.807) is 0 Å². The summed E-state index contributed by atoms with van der Waals surface area (Å²) in [6, 6.07) is 18.7. The summed E-state index contributed by atoms with van der Waals surface area (Å²) in [7, 11) is 0. The quantitative estimate of drug-likeness (QED) is 0.753. The molecule has 5 rings (SSSR count). The van der Waals surface area contributed by atoms with Crippen molar-refractivity contribution < 1.29 is 0 Å². The van der Waals surface area contributed by atoms with Crippen LogP contribution in [0.4, 0.5) is 5.69 Å². The molecule has 0 spiro atoms. The van der Waals surface area contributed by atoms with E-state index in [1.165, 1.54) is 11.1 Å². The van der Waals surface area contributed by atoms with Crippen LogP contribution in [0.3, 0.4) is 0 Å². The first-order valence-corrected chi connectivity index (χ1v) is 8.83. The van der Waals surface area contributed by atoms with Crippen LogP contribution < -0.4 is 11.1 Å². The second-order valence-corrected chi connectivity index (χ2v) is 6.97. The van der Waals surface area contributed by atoms with E-state index in [2.05, 4.69) is 41.7 Å². The largest absolute Gasteiger partial charge is 0.343 e. The zero-order valence-corrected chi connectivity index (χ0v) is 14.0. The SMILES string of the molecule is NC12CCCc3cccc(c31)NC(Cc1ccc3ccccc3n1)=N2. The molecule has 0 saturated heterocycles. The van der Waals surface area contributed by atoms with Crippen LogP contribution >= 0.6 is 0 Å². The Morgan fingerprint density at radius 3 is 2.92 bits per heavy atom. The predicted octanol–water partition coefficient (Wildman–Crippen LogP) is 3.75. The topological polar surface area (TPSA) is 63.3 Å². The Kier molecular flexibility index (Phi) is 3.15. The average Bonchev–Trinajstić information content (AvgIpc) is 2.61. The number of aryl methyl sites for hydroxylation is 1. The minimum Gasteiger partial charge on any atom is -0.343 e. The van der Waals surface area contributed by atoms with Gasteiger partial charge in [-0.1, -0.05) is 36.4 Å². The van der Waals surface area contributed by atoms with Gasteiger partial charge in [-0.15, -0.1) is 0 Å². The molecule has 2 aromatic carbocycles. The lowest BCUT2D eigenvalue weighted by atomic mass is 9.81. The highest BCUT2D eigenvalue weighted by Crippen LogP contribution is 2.41. The lowest BCUT2D eigenvalue weighted by molar-refractivity contribution is 0.388. The van der Waals surface area contributed by atoms with Gasteiger partial charge in [0.25, 0.3) is 0 Å². The number of fused-ring (bicyclic) bond motifs is 1. The highest BCUT2D eigenvalue weighted by atomic mass is 15.1. The standard InChI is InChI=1S/C21H20N4/c22-21-12-4-7-15-6-3-9-18(20(15)21)24-19(25-21)13-16-11-10-14-5-1-2-8-17(14)23-16/h1-3,5-6,8-11H,4,7,12-13,22H2,(H,24,25). The van der Waals surface area contributed by atoms with Gasteiger partial charge < -0.3 is 11.1 Å². The molecular formula is C21H20N4. The van der Waals surface area contributed by atoms with Crippen molar-refractivity contribution in [2.45, 2.75) is 31.3 Å². The van der Waals surface area contributed by atoms with Crippen molar-refractivity contribution >= 4 is 22.4 Å². The molecule has 0 bridgehead atoms. The monoisotopic (exact) mass is 328 g/mol. The normalized spacial score (nSPS) is 21.4. The molecule has 1 atom stereocenters. The summed E-state index contributed by atoms with van der Waals surface area (Å²) in [4.78, 5) is 9.67. The first-order valence-electron chi connectivity index (χ1n) is 8.83. The Morgan fingerprint density at radius 2 is 1.96 bits per heavy atom. The molecule has 0 fully saturated rings. The third-order valence-corrected chi connectivity index (χ3v) is 5.21. The van der Waals surface area contributed by atoms with Crippen molar-refractivity contribution in [1.82, 2.24) is 4.98 Å². The first-order chi connectivity index (χ1) is 12.2. The molecule has 1 aliphatic heterocycles. The summed E-state index contributed by atoms with van der Waals surface area (Å²) in [5.74, 6) is 0.900. The summed E-state index contributed by atoms with van der Waals surface area (Å²) >= 11 is 0. The molecule has 2 aliphatic rings. The zero-order valence-electron chi connectivity index (χ0n) is 14.0. The third kappa shape index (κ3) is 2.41. The van der Waals surface area contributed by atoms with Crippen LogP contribution in [0, 0.1) is 0 Å². The molecule has 4 nitrogen and oxygen atoms in total. The highest BCUT2D eigenvalue weighted by Gasteiger charge is 2.37. The van der Waals surface area contributed by atoms with Gasteiger partial charge >= 0.3 is 0 Å². The van der Waals surface area contributed by atoms with Crippen LogP contribution in [0.5, 0.6) is 0 Å². The number of aliphatic imine (C=N–C) groups is 1. The minimum atomic E-state index is -0.596. The van der Waals surface area contributed by atoms with Gasteiger partial charge in [0, 0.05) is 28.8 Å². The van der Waals surface area contributed by atoms with Crippen molar-refractivity contribution in [3.05, 3.63) is 71.4 Å². The maximum Gasteiger partial charge on any atom is 0.138 e. The molecule has 0 radical (unpaired) electrons. The Hall–Kier alpha value is -2.72. The maximum atomic E-state index is 6.71. The van der Waals surface area contributed by atoms with Crippen molar-refractivity contribution in [3.8, 4) is 0 Å². The van der Waals surface area contributed by atoms with Crippen LogP contribution in [0.15, 0.2) is 59.6 Å². The van der Waals surface area contributed by atoms with E-state index in [0.717, 1.165) is 47.4 Å². The number of aromatic nitrogens is 1. The number of para-hydroxylation sites is 1. The van der Waals surface area contributed by atoms with Crippen molar-refractivity contribution in [2.24, 2.45) is 10.7 Å². The van der Waals surface area contributed by atoms with Crippen LogP contribution in [0.25, 0.3) is 10.9 Å². The number of benzene rings is 2. The Bertz CT molecular complexity index is 1010. The Labute approximate surface area is 146 Å². The summed E-state index contributed by atoms with van der Waals surface area (Å²) in [5.41, 5.74) is 11.7. The molecule has 1 aliphatic carbocycles. The Balaban J connectivity index is 1.52. The zero-order chi connectivity index (χ0) is 16.9. The number of pyridine rings is 1. The number of hydrogen-bond donors (Lipinski definition) is 2. The second-order valence-electron chi connectivity index (χ2n) is 6.97. The van der Waals surface area contributed by atoms with Gasteiger partial charge in [-0.3, -0.25) is 4.98 Å². The fraction of sp³-hybridized carbons (Fsp3) is 0.238. The van der Waals surface area contributed by atoms with Gasteiger partial charge in [0.1, 0.15) is 11.5 Å². The highest BCUT2D eigenvalue weighted by molar-refractivity contribution is 6.00. The van der Waals surface area contributed by atoms with Gasteiger partial charge in [-0.2, -0.15) is 0 Å². The van der Waals surface area contributed by atoms with Crippen LogP contribution in [-0.2, 0) is 18.5 Å². The van der Waals surface area contributed by atoms with Crippen molar-refractivity contribution in [2.75, 3.05) is 5.32 Å². The van der Waals surface area contributed by atoms with Crippen molar-refractivity contribution in [1.29, 1.82) is 0 Å². The number of nitrogens with two attached hydrogens (primary N) is 1. The number of amidine groups is 1. The smallest absolute Gasteiger partial charge is 0.138 e. The maximum absolute atomic E-state index is 6.71. The molecule has 25 heavy (non-hydrogen) atoms. The van der Waals surface area contributed by atoms with Gasteiger partial charge in [-0.05, 0) is 43.0 Å². The Morgan fingerprint density at radius 1 is 1.04 bits per heavy atom. The lowest BCUT2D eigenvalue weighted by Crippen LogP contribution is -2.44. The van der Waals surface area contributed by atoms with Crippen LogP contribution in [0.2, 0.25) is 0 Å². The number of anilines is 1. The van der Waals surface area contributed by atoms with E-state index >= 15 is 0 Å². The van der Waals surface area contributed by atoms with E-state index in [9.17, 15) is 0 Å². The van der Waals surface area contributed by atoms with Gasteiger partial charge in [0.2, 0.25) is 0 Å². The van der Waals surface area contributed by atoms with E-state index in [0.29, 0.717) is 6.42 Å². The molecule has 3 aromatic rings. The number of rotatable bonds is 2. The third-order valence-electron chi connectivity index (χ3n) is 5.21. The minimum absolute atomic E-state index is 0.596. The van der Waals surface area contributed by atoms with E-state index in [1.807, 2.05) is 18.2 Å². The number of hydrogen-bond acceptors (Lipinski definition) is 4. The van der Waals surface area contributed by atoms with E-state index in [-0.39, 0.29) is 0 Å². The van der Waals surface area contributed by atoms with E-state index in [4.69, 9.17) is 15.7 Å². The summed E-state index contributed by atoms with van der Waals surface area (Å²) in [6.45, 7) is 0. The molecule has 0 saturated carbocycles. The van der Waals surface area contributed by atoms with Gasteiger partial charge in [0.05, 0.1) is 5.52 Å². The fourth-order valence-electron chi connectivity index (χ4n) is 4.10. The molecule has 124 valence electrons. The number of nitrogens with zero attached hydrogens (tertiary/aromatic N) is 2. The lowest BCUT2D eigenvalue weighted by Gasteiger charge is -2.38. The summed E-state index contributed by atoms with van der Waals surface area (Å²) < 4.78 is 0. The number of nitrogens with one attached hydrogen (secondary N) is 1. The predicted molar refractivity (Wildman–Crippen MR) is 102 cm³/mol. The van der Waals surface area contributed by atoms with Gasteiger partial charge in [-0.25, -0.2) is 4.99 Å². The molecule has 4 heteroatoms. The average molecular weight is 328 g/mol. The molecule has 2 heterocycles. The second kappa shape index (κ2) is 5.39. The van der Waals surface area contributed by atoms with Crippen LogP contribution in [-0.4, -0.2) is 10.8 Å². The first kappa shape index (κ1) is 14.6. The van der Waals surface area contributed by atoms with Crippen molar-refractivity contribution in [3.63, 3.8) is 0 Å². The van der Waals surface area contributed by atoms with Gasteiger partial charge in [0.15, 0.2) is 0 Å². The van der Waals surface area contributed by atoms with E-state index < -0.39 is 5.66 Å². The molecule has 1 aromatic heterocycles. The molecule has 3 N–H and O–H groups in total. The fourth-order valence-corrected chi connectivity index (χ4v) is 4.10. The molecule has 0 amide bonds. The molecular weight excluding hydrogens is 308 g/mol. The summed E-state index contributed by atoms with van der Waals surface area (Å²) in [5, 5.41) is 4.64. The molecule has 1 unspecified atom stereocenters.